The lowest BCUT2D eigenvalue weighted by molar-refractivity contribution is 0.670. The van der Waals surface area contributed by atoms with Crippen LogP contribution in [0.25, 0.3) is 82.1 Å². The molecular weight excluding hydrogens is 486 g/mol. The van der Waals surface area contributed by atoms with Gasteiger partial charge in [0.2, 0.25) is 0 Å². The van der Waals surface area contributed by atoms with Crippen molar-refractivity contribution >= 4 is 65.3 Å². The van der Waals surface area contributed by atoms with Gasteiger partial charge in [-0.25, -0.2) is 0 Å². The molecule has 0 bridgehead atoms. The molecule has 40 heavy (non-hydrogen) atoms. The number of benzene rings is 7. The fourth-order valence-electron chi connectivity index (χ4n) is 6.60. The third-order valence-corrected chi connectivity index (χ3v) is 8.38. The smallest absolute Gasteiger partial charge is 0.143 e. The molecule has 2 heteroatoms. The van der Waals surface area contributed by atoms with Crippen molar-refractivity contribution in [3.05, 3.63) is 140 Å². The minimum absolute atomic E-state index is 0.921. The molecule has 0 radical (unpaired) electrons. The first kappa shape index (κ1) is 21.6. The SMILES string of the molecule is c1ccc(-n2c3ccc(-c4cccc5c4oc4ccccc45)cc3c3c4ccc5ccccc5c4ccc32)cc1. The predicted octanol–water partition coefficient (Wildman–Crippen LogP) is 10.7. The van der Waals surface area contributed by atoms with E-state index in [0.717, 1.165) is 38.8 Å². The number of hydrogen-bond donors (Lipinski definition) is 0. The van der Waals surface area contributed by atoms with E-state index in [1.54, 1.807) is 0 Å². The Balaban J connectivity index is 1.42. The summed E-state index contributed by atoms with van der Waals surface area (Å²) in [5.41, 5.74) is 7.69. The Kier molecular flexibility index (Phi) is 4.36. The summed E-state index contributed by atoms with van der Waals surface area (Å²) in [4.78, 5) is 0. The van der Waals surface area contributed by atoms with Gasteiger partial charge in [-0.15, -0.1) is 0 Å². The van der Waals surface area contributed by atoms with Gasteiger partial charge in [0.15, 0.2) is 0 Å². The van der Waals surface area contributed by atoms with Crippen LogP contribution >= 0.6 is 0 Å². The van der Waals surface area contributed by atoms with Gasteiger partial charge < -0.3 is 8.98 Å². The van der Waals surface area contributed by atoms with Crippen LogP contribution in [-0.2, 0) is 0 Å². The maximum Gasteiger partial charge on any atom is 0.143 e. The van der Waals surface area contributed by atoms with Gasteiger partial charge in [0.25, 0.3) is 0 Å². The minimum Gasteiger partial charge on any atom is -0.455 e. The van der Waals surface area contributed by atoms with Crippen LogP contribution in [-0.4, -0.2) is 4.57 Å². The van der Waals surface area contributed by atoms with Crippen LogP contribution in [0.5, 0.6) is 0 Å². The first-order valence-electron chi connectivity index (χ1n) is 13.7. The number of rotatable bonds is 2. The van der Waals surface area contributed by atoms with E-state index in [-0.39, 0.29) is 0 Å². The molecule has 2 nitrogen and oxygen atoms in total. The molecule has 0 spiro atoms. The van der Waals surface area contributed by atoms with Gasteiger partial charge in [0.1, 0.15) is 11.2 Å². The number of para-hydroxylation sites is 3. The van der Waals surface area contributed by atoms with E-state index in [1.807, 2.05) is 12.1 Å². The van der Waals surface area contributed by atoms with Crippen molar-refractivity contribution in [2.45, 2.75) is 0 Å². The lowest BCUT2D eigenvalue weighted by atomic mass is 9.96. The highest BCUT2D eigenvalue weighted by Crippen LogP contribution is 2.42. The second kappa shape index (κ2) is 8.08. The Hall–Kier alpha value is -5.34. The van der Waals surface area contributed by atoms with Gasteiger partial charge in [-0.3, -0.25) is 0 Å². The van der Waals surface area contributed by atoms with E-state index in [0.29, 0.717) is 0 Å². The van der Waals surface area contributed by atoms with Crippen LogP contribution in [0.4, 0.5) is 0 Å². The molecule has 9 rings (SSSR count). The Morgan fingerprint density at radius 2 is 1.20 bits per heavy atom. The number of fused-ring (bicyclic) bond motifs is 10. The Morgan fingerprint density at radius 3 is 2.12 bits per heavy atom. The van der Waals surface area contributed by atoms with Crippen molar-refractivity contribution in [2.75, 3.05) is 0 Å². The maximum absolute atomic E-state index is 6.43. The molecule has 0 atom stereocenters. The summed E-state index contributed by atoms with van der Waals surface area (Å²) >= 11 is 0. The number of hydrogen-bond acceptors (Lipinski definition) is 1. The molecular formula is C38H23NO. The third-order valence-electron chi connectivity index (χ3n) is 8.38. The highest BCUT2D eigenvalue weighted by molar-refractivity contribution is 6.26. The van der Waals surface area contributed by atoms with Gasteiger partial charge in [-0.2, -0.15) is 0 Å². The molecule has 0 unspecified atom stereocenters. The summed E-state index contributed by atoms with van der Waals surface area (Å²) in [6.07, 6.45) is 0. The molecule has 7 aromatic carbocycles. The quantitative estimate of drug-likeness (QED) is 0.212. The molecule has 9 aromatic rings. The van der Waals surface area contributed by atoms with Crippen molar-refractivity contribution in [1.82, 2.24) is 4.57 Å². The molecule has 0 N–H and O–H groups in total. The van der Waals surface area contributed by atoms with Crippen LogP contribution in [0.3, 0.4) is 0 Å². The molecule has 0 saturated carbocycles. The van der Waals surface area contributed by atoms with E-state index >= 15 is 0 Å². The number of furan rings is 1. The first-order chi connectivity index (χ1) is 19.8. The molecule has 0 saturated heterocycles. The molecule has 0 aliphatic carbocycles. The van der Waals surface area contributed by atoms with Crippen LogP contribution in [0.15, 0.2) is 144 Å². The Labute approximate surface area is 230 Å². The highest BCUT2D eigenvalue weighted by atomic mass is 16.3. The fourth-order valence-corrected chi connectivity index (χ4v) is 6.60. The molecule has 0 amide bonds. The lowest BCUT2D eigenvalue weighted by Crippen LogP contribution is -1.93. The second-order valence-electron chi connectivity index (χ2n) is 10.5. The van der Waals surface area contributed by atoms with Gasteiger partial charge in [-0.05, 0) is 63.5 Å². The average molecular weight is 510 g/mol. The summed E-state index contributed by atoms with van der Waals surface area (Å²) in [6, 6.07) is 50.1. The number of nitrogens with zero attached hydrogens (tertiary/aromatic N) is 1. The van der Waals surface area contributed by atoms with Crippen LogP contribution in [0, 0.1) is 0 Å². The van der Waals surface area contributed by atoms with Crippen molar-refractivity contribution in [3.8, 4) is 16.8 Å². The zero-order valence-corrected chi connectivity index (χ0v) is 21.6. The summed E-state index contributed by atoms with van der Waals surface area (Å²) in [6.45, 7) is 0. The van der Waals surface area contributed by atoms with Gasteiger partial charge >= 0.3 is 0 Å². The zero-order valence-electron chi connectivity index (χ0n) is 21.6. The van der Waals surface area contributed by atoms with Gasteiger partial charge in [0.05, 0.1) is 11.0 Å². The zero-order chi connectivity index (χ0) is 26.2. The maximum atomic E-state index is 6.43. The van der Waals surface area contributed by atoms with Gasteiger partial charge in [0, 0.05) is 32.8 Å². The molecule has 0 aliphatic heterocycles. The molecule has 0 aliphatic rings. The fraction of sp³-hybridized carbons (Fsp3) is 0. The molecule has 0 fully saturated rings. The minimum atomic E-state index is 0.921. The largest absolute Gasteiger partial charge is 0.455 e. The summed E-state index contributed by atoms with van der Waals surface area (Å²) in [5.74, 6) is 0. The van der Waals surface area contributed by atoms with E-state index in [2.05, 4.69) is 132 Å². The second-order valence-corrected chi connectivity index (χ2v) is 10.5. The van der Waals surface area contributed by atoms with E-state index in [4.69, 9.17) is 4.42 Å². The van der Waals surface area contributed by atoms with Gasteiger partial charge in [-0.1, -0.05) is 103 Å². The predicted molar refractivity (Wildman–Crippen MR) is 169 cm³/mol. The molecule has 2 aromatic heterocycles. The summed E-state index contributed by atoms with van der Waals surface area (Å²) in [7, 11) is 0. The van der Waals surface area contributed by atoms with Crippen molar-refractivity contribution < 1.29 is 4.42 Å². The Morgan fingerprint density at radius 1 is 0.450 bits per heavy atom. The topological polar surface area (TPSA) is 18.1 Å². The van der Waals surface area contributed by atoms with Crippen LogP contribution in [0.2, 0.25) is 0 Å². The van der Waals surface area contributed by atoms with Crippen LogP contribution < -0.4 is 0 Å². The van der Waals surface area contributed by atoms with Crippen molar-refractivity contribution in [3.63, 3.8) is 0 Å². The van der Waals surface area contributed by atoms with E-state index < -0.39 is 0 Å². The normalized spacial score (nSPS) is 12.0. The standard InChI is InChI=1S/C38H23NO/c1-2-10-26(11-3-1)39-34-21-18-25(28-14-8-15-32-30-13-6-7-16-36(30)40-38(28)32)23-33(34)37-31-19-17-24-9-4-5-12-27(24)29(31)20-22-35(37)39/h1-23H. The van der Waals surface area contributed by atoms with E-state index in [1.165, 1.54) is 43.4 Å². The lowest BCUT2D eigenvalue weighted by Gasteiger charge is -2.09. The van der Waals surface area contributed by atoms with E-state index in [9.17, 15) is 0 Å². The average Bonchev–Trinajstić information content (AvgIpc) is 3.57. The highest BCUT2D eigenvalue weighted by Gasteiger charge is 2.18. The summed E-state index contributed by atoms with van der Waals surface area (Å²) < 4.78 is 8.82. The first-order valence-corrected chi connectivity index (χ1v) is 13.7. The summed E-state index contributed by atoms with van der Waals surface area (Å²) in [5, 5.41) is 9.92. The third kappa shape index (κ3) is 2.93. The van der Waals surface area contributed by atoms with Crippen molar-refractivity contribution in [1.29, 1.82) is 0 Å². The monoisotopic (exact) mass is 509 g/mol. The van der Waals surface area contributed by atoms with Crippen molar-refractivity contribution in [2.24, 2.45) is 0 Å². The Bertz CT molecular complexity index is 2420. The molecule has 2 heterocycles. The number of aromatic nitrogens is 1. The van der Waals surface area contributed by atoms with Crippen LogP contribution in [0.1, 0.15) is 0 Å². The molecule has 186 valence electrons.